The molecule has 0 amide bonds. The largest absolute Gasteiger partial charge is 0.496 e. The van der Waals surface area contributed by atoms with Crippen molar-refractivity contribution < 1.29 is 4.74 Å². The molecule has 0 aliphatic carbocycles. The minimum atomic E-state index is 0.652. The van der Waals surface area contributed by atoms with Crippen LogP contribution in [0.15, 0.2) is 18.2 Å². The van der Waals surface area contributed by atoms with Gasteiger partial charge in [0.25, 0.3) is 0 Å². The summed E-state index contributed by atoms with van der Waals surface area (Å²) < 4.78 is 5.35. The van der Waals surface area contributed by atoms with Gasteiger partial charge in [-0.15, -0.1) is 0 Å². The summed E-state index contributed by atoms with van der Waals surface area (Å²) in [7, 11) is 3.91. The first-order valence-corrected chi connectivity index (χ1v) is 7.32. The quantitative estimate of drug-likeness (QED) is 0.899. The fourth-order valence-corrected chi connectivity index (χ4v) is 2.86. The second kappa shape index (κ2) is 7.13. The van der Waals surface area contributed by atoms with Gasteiger partial charge in [-0.3, -0.25) is 0 Å². The Morgan fingerprint density at radius 2 is 2.26 bits per heavy atom. The minimum Gasteiger partial charge on any atom is -0.496 e. The van der Waals surface area contributed by atoms with Crippen molar-refractivity contribution in [3.05, 3.63) is 28.8 Å². The van der Waals surface area contributed by atoms with Gasteiger partial charge < -0.3 is 15.0 Å². The van der Waals surface area contributed by atoms with E-state index in [-0.39, 0.29) is 0 Å². The van der Waals surface area contributed by atoms with Crippen molar-refractivity contribution >= 4 is 11.6 Å². The lowest BCUT2D eigenvalue weighted by molar-refractivity contribution is 0.181. The first-order chi connectivity index (χ1) is 9.20. The SMILES string of the molecule is COc1ccc(Cl)cc1CNCC1CCCCN1C. The van der Waals surface area contributed by atoms with Crippen molar-refractivity contribution in [3.63, 3.8) is 0 Å². The van der Waals surface area contributed by atoms with Crippen molar-refractivity contribution in [2.75, 3.05) is 27.2 Å². The van der Waals surface area contributed by atoms with Crippen LogP contribution in [-0.4, -0.2) is 38.2 Å². The molecule has 1 fully saturated rings. The third kappa shape index (κ3) is 4.10. The van der Waals surface area contributed by atoms with Gasteiger partial charge in [-0.25, -0.2) is 0 Å². The minimum absolute atomic E-state index is 0.652. The Morgan fingerprint density at radius 3 is 3.00 bits per heavy atom. The summed E-state index contributed by atoms with van der Waals surface area (Å²) in [6.07, 6.45) is 3.96. The van der Waals surface area contributed by atoms with Gasteiger partial charge >= 0.3 is 0 Å². The third-order valence-corrected chi connectivity index (χ3v) is 4.09. The predicted molar refractivity (Wildman–Crippen MR) is 80.0 cm³/mol. The van der Waals surface area contributed by atoms with Crippen molar-refractivity contribution in [2.45, 2.75) is 31.8 Å². The molecule has 0 radical (unpaired) electrons. The Balaban J connectivity index is 1.86. The van der Waals surface area contributed by atoms with Crippen molar-refractivity contribution in [1.82, 2.24) is 10.2 Å². The van der Waals surface area contributed by atoms with E-state index >= 15 is 0 Å². The molecule has 1 aromatic rings. The molecular weight excluding hydrogens is 260 g/mol. The molecule has 1 saturated heterocycles. The number of piperidine rings is 1. The third-order valence-electron chi connectivity index (χ3n) is 3.86. The van der Waals surface area contributed by atoms with E-state index in [1.165, 1.54) is 25.8 Å². The number of likely N-dealkylation sites (N-methyl/N-ethyl adjacent to an activating group) is 1. The van der Waals surface area contributed by atoms with E-state index in [0.717, 1.165) is 29.4 Å². The molecule has 3 nitrogen and oxygen atoms in total. The Morgan fingerprint density at radius 1 is 1.42 bits per heavy atom. The van der Waals surface area contributed by atoms with E-state index in [2.05, 4.69) is 17.3 Å². The molecule has 1 unspecified atom stereocenters. The fourth-order valence-electron chi connectivity index (χ4n) is 2.66. The van der Waals surface area contributed by atoms with Crippen molar-refractivity contribution in [2.24, 2.45) is 0 Å². The molecule has 1 aliphatic heterocycles. The van der Waals surface area contributed by atoms with Crippen LogP contribution in [0.1, 0.15) is 24.8 Å². The van der Waals surface area contributed by atoms with Crippen LogP contribution in [0.2, 0.25) is 5.02 Å². The summed E-state index contributed by atoms with van der Waals surface area (Å²) in [4.78, 5) is 2.45. The van der Waals surface area contributed by atoms with Crippen LogP contribution < -0.4 is 10.1 Å². The molecule has 0 aromatic heterocycles. The monoisotopic (exact) mass is 282 g/mol. The lowest BCUT2D eigenvalue weighted by atomic mass is 10.0. The van der Waals surface area contributed by atoms with Gasteiger partial charge in [0, 0.05) is 29.7 Å². The van der Waals surface area contributed by atoms with E-state index in [1.807, 2.05) is 18.2 Å². The lowest BCUT2D eigenvalue weighted by Crippen LogP contribution is -2.42. The van der Waals surface area contributed by atoms with Crippen LogP contribution in [-0.2, 0) is 6.54 Å². The summed E-state index contributed by atoms with van der Waals surface area (Å²) in [6, 6.07) is 6.40. The predicted octanol–water partition coefficient (Wildman–Crippen LogP) is 2.92. The zero-order valence-corrected chi connectivity index (χ0v) is 12.5. The topological polar surface area (TPSA) is 24.5 Å². The fraction of sp³-hybridized carbons (Fsp3) is 0.600. The summed E-state index contributed by atoms with van der Waals surface area (Å²) in [6.45, 7) is 3.03. The van der Waals surface area contributed by atoms with Crippen LogP contribution in [0.25, 0.3) is 0 Å². The molecule has 19 heavy (non-hydrogen) atoms. The summed E-state index contributed by atoms with van der Waals surface area (Å²) in [5.74, 6) is 0.897. The van der Waals surface area contributed by atoms with Crippen LogP contribution >= 0.6 is 11.6 Å². The highest BCUT2D eigenvalue weighted by Crippen LogP contribution is 2.22. The average Bonchev–Trinajstić information content (AvgIpc) is 2.41. The maximum atomic E-state index is 6.03. The van der Waals surface area contributed by atoms with Crippen LogP contribution in [0, 0.1) is 0 Å². The molecule has 1 N–H and O–H groups in total. The van der Waals surface area contributed by atoms with Crippen LogP contribution in [0.5, 0.6) is 5.75 Å². The maximum absolute atomic E-state index is 6.03. The number of nitrogens with one attached hydrogen (secondary N) is 1. The van der Waals surface area contributed by atoms with E-state index in [4.69, 9.17) is 16.3 Å². The molecule has 2 rings (SSSR count). The Hall–Kier alpha value is -0.770. The zero-order valence-electron chi connectivity index (χ0n) is 11.8. The highest BCUT2D eigenvalue weighted by atomic mass is 35.5. The molecule has 106 valence electrons. The van der Waals surface area contributed by atoms with E-state index < -0.39 is 0 Å². The normalized spacial score (nSPS) is 20.5. The van der Waals surface area contributed by atoms with E-state index in [1.54, 1.807) is 7.11 Å². The van der Waals surface area contributed by atoms with Crippen LogP contribution in [0.4, 0.5) is 0 Å². The molecule has 0 saturated carbocycles. The molecule has 0 bridgehead atoms. The maximum Gasteiger partial charge on any atom is 0.123 e. The Kier molecular flexibility index (Phi) is 5.49. The van der Waals surface area contributed by atoms with Gasteiger partial charge in [0.05, 0.1) is 7.11 Å². The molecule has 1 atom stereocenters. The second-order valence-corrected chi connectivity index (χ2v) is 5.65. The second-order valence-electron chi connectivity index (χ2n) is 5.22. The van der Waals surface area contributed by atoms with Crippen molar-refractivity contribution in [3.8, 4) is 5.75 Å². The average molecular weight is 283 g/mol. The number of rotatable bonds is 5. The number of halogens is 1. The number of nitrogens with zero attached hydrogens (tertiary/aromatic N) is 1. The Labute approximate surface area is 120 Å². The molecule has 4 heteroatoms. The first-order valence-electron chi connectivity index (χ1n) is 6.94. The summed E-state index contributed by atoms with van der Waals surface area (Å²) in [5.41, 5.74) is 1.12. The number of hydrogen-bond acceptors (Lipinski definition) is 3. The number of ether oxygens (including phenoxy) is 1. The molecule has 1 aliphatic rings. The van der Waals surface area contributed by atoms with Gasteiger partial charge in [-0.1, -0.05) is 18.0 Å². The lowest BCUT2D eigenvalue weighted by Gasteiger charge is -2.32. The number of hydrogen-bond donors (Lipinski definition) is 1. The van der Waals surface area contributed by atoms with Crippen molar-refractivity contribution in [1.29, 1.82) is 0 Å². The first kappa shape index (κ1) is 14.6. The molecule has 1 heterocycles. The standard InChI is InChI=1S/C15H23ClN2O/c1-18-8-4-3-5-14(18)11-17-10-12-9-13(16)6-7-15(12)19-2/h6-7,9,14,17H,3-5,8,10-11H2,1-2H3. The molecular formula is C15H23ClN2O. The van der Waals surface area contributed by atoms with E-state index in [9.17, 15) is 0 Å². The highest BCUT2D eigenvalue weighted by molar-refractivity contribution is 6.30. The molecule has 0 spiro atoms. The number of benzene rings is 1. The van der Waals surface area contributed by atoms with Crippen LogP contribution in [0.3, 0.4) is 0 Å². The highest BCUT2D eigenvalue weighted by Gasteiger charge is 2.18. The zero-order chi connectivity index (χ0) is 13.7. The molecule has 1 aromatic carbocycles. The van der Waals surface area contributed by atoms with Gasteiger partial charge in [0.2, 0.25) is 0 Å². The van der Waals surface area contributed by atoms with Gasteiger partial charge in [0.1, 0.15) is 5.75 Å². The smallest absolute Gasteiger partial charge is 0.123 e. The summed E-state index contributed by atoms with van der Waals surface area (Å²) >= 11 is 6.03. The van der Waals surface area contributed by atoms with Gasteiger partial charge in [-0.05, 0) is 44.6 Å². The van der Waals surface area contributed by atoms with E-state index in [0.29, 0.717) is 6.04 Å². The number of methoxy groups -OCH3 is 1. The van der Waals surface area contributed by atoms with Gasteiger partial charge in [0.15, 0.2) is 0 Å². The summed E-state index contributed by atoms with van der Waals surface area (Å²) in [5, 5.41) is 4.28. The number of likely N-dealkylation sites (tertiary alicyclic amines) is 1. The van der Waals surface area contributed by atoms with Gasteiger partial charge in [-0.2, -0.15) is 0 Å². The Bertz CT molecular complexity index is 411.